The van der Waals surface area contributed by atoms with Crippen LogP contribution in [0.1, 0.15) is 11.3 Å². The molecule has 9 heteroatoms. The number of rotatable bonds is 7. The maximum absolute atomic E-state index is 13.0. The summed E-state index contributed by atoms with van der Waals surface area (Å²) in [7, 11) is 3.42. The van der Waals surface area contributed by atoms with Crippen LogP contribution in [0.5, 0.6) is 5.88 Å². The molecule has 8 nitrogen and oxygen atoms in total. The Hall–Kier alpha value is -3.04. The van der Waals surface area contributed by atoms with Crippen molar-refractivity contribution in [2.24, 2.45) is 7.05 Å². The summed E-state index contributed by atoms with van der Waals surface area (Å²) in [6.45, 7) is 4.56. The number of carbonyl (C=O) groups excluding carboxylic acids is 1. The highest BCUT2D eigenvalue weighted by molar-refractivity contribution is 7.22. The van der Waals surface area contributed by atoms with Gasteiger partial charge in [0, 0.05) is 19.9 Å². The van der Waals surface area contributed by atoms with E-state index in [0.717, 1.165) is 32.5 Å². The number of amides is 1. The van der Waals surface area contributed by atoms with Crippen molar-refractivity contribution < 1.29 is 14.3 Å². The number of thiazole rings is 1. The first-order valence-electron chi connectivity index (χ1n) is 9.56. The lowest BCUT2D eigenvalue weighted by Crippen LogP contribution is -2.37. The van der Waals surface area contributed by atoms with Gasteiger partial charge in [0.2, 0.25) is 5.88 Å². The van der Waals surface area contributed by atoms with Crippen molar-refractivity contribution in [2.75, 3.05) is 31.8 Å². The fourth-order valence-corrected chi connectivity index (χ4v) is 4.35. The predicted octanol–water partition coefficient (Wildman–Crippen LogP) is 3.25. The Morgan fingerprint density at radius 1 is 1.23 bits per heavy atom. The molecular formula is C21H23N5O3S. The number of aryl methyl sites for hydroxylation is 3. The number of benzene rings is 1. The number of pyridine rings is 1. The third kappa shape index (κ3) is 3.86. The van der Waals surface area contributed by atoms with Gasteiger partial charge in [0.15, 0.2) is 17.4 Å². The lowest BCUT2D eigenvalue weighted by atomic mass is 10.2. The van der Waals surface area contributed by atoms with Crippen molar-refractivity contribution in [1.82, 2.24) is 19.7 Å². The van der Waals surface area contributed by atoms with E-state index >= 15 is 0 Å². The number of para-hydroxylation sites is 1. The lowest BCUT2D eigenvalue weighted by Gasteiger charge is -2.19. The SMILES string of the molecule is COCCN(C(=O)COc1nn(C)c2nc(C)cc(C)c12)c1nc2ccccc2s1. The minimum atomic E-state index is -0.206. The first-order valence-corrected chi connectivity index (χ1v) is 10.4. The summed E-state index contributed by atoms with van der Waals surface area (Å²) in [6.07, 6.45) is 0. The zero-order valence-electron chi connectivity index (χ0n) is 17.4. The molecule has 0 atom stereocenters. The molecule has 3 heterocycles. The van der Waals surface area contributed by atoms with E-state index in [1.807, 2.05) is 51.2 Å². The van der Waals surface area contributed by atoms with Crippen LogP contribution < -0.4 is 9.64 Å². The summed E-state index contributed by atoms with van der Waals surface area (Å²) < 4.78 is 13.7. The van der Waals surface area contributed by atoms with Crippen molar-refractivity contribution >= 4 is 43.6 Å². The Labute approximate surface area is 178 Å². The second-order valence-electron chi connectivity index (χ2n) is 7.00. The second kappa shape index (κ2) is 8.37. The molecular weight excluding hydrogens is 402 g/mol. The zero-order valence-corrected chi connectivity index (χ0v) is 18.2. The molecule has 0 aliphatic heterocycles. The van der Waals surface area contributed by atoms with Gasteiger partial charge in [-0.15, -0.1) is 5.10 Å². The summed E-state index contributed by atoms with van der Waals surface area (Å²) in [6, 6.07) is 9.79. The topological polar surface area (TPSA) is 82.4 Å². The Balaban J connectivity index is 1.58. The van der Waals surface area contributed by atoms with Crippen molar-refractivity contribution in [2.45, 2.75) is 13.8 Å². The monoisotopic (exact) mass is 425 g/mol. The van der Waals surface area contributed by atoms with Crippen LogP contribution >= 0.6 is 11.3 Å². The van der Waals surface area contributed by atoms with Gasteiger partial charge in [0.25, 0.3) is 5.91 Å². The van der Waals surface area contributed by atoms with Crippen molar-refractivity contribution in [1.29, 1.82) is 0 Å². The average Bonchev–Trinajstić information content (AvgIpc) is 3.28. The summed E-state index contributed by atoms with van der Waals surface area (Å²) in [5, 5.41) is 5.86. The first kappa shape index (κ1) is 20.2. The van der Waals surface area contributed by atoms with Crippen LogP contribution in [0.15, 0.2) is 30.3 Å². The molecule has 1 amide bonds. The summed E-state index contributed by atoms with van der Waals surface area (Å²) in [5.74, 6) is 0.199. The fourth-order valence-electron chi connectivity index (χ4n) is 3.34. The van der Waals surface area contributed by atoms with Crippen molar-refractivity contribution in [3.8, 4) is 5.88 Å². The molecule has 3 aromatic heterocycles. The van der Waals surface area contributed by atoms with Crippen LogP contribution in [0.3, 0.4) is 0 Å². The normalized spacial score (nSPS) is 11.3. The van der Waals surface area contributed by atoms with E-state index in [4.69, 9.17) is 9.47 Å². The number of fused-ring (bicyclic) bond motifs is 2. The molecule has 156 valence electrons. The van der Waals surface area contributed by atoms with E-state index in [1.165, 1.54) is 11.3 Å². The molecule has 1 aromatic carbocycles. The van der Waals surface area contributed by atoms with E-state index in [0.29, 0.717) is 24.2 Å². The molecule has 0 fully saturated rings. The molecule has 0 bridgehead atoms. The molecule has 0 saturated heterocycles. The van der Waals surface area contributed by atoms with Gasteiger partial charge >= 0.3 is 0 Å². The minimum absolute atomic E-state index is 0.154. The highest BCUT2D eigenvalue weighted by Crippen LogP contribution is 2.30. The maximum atomic E-state index is 13.0. The van der Waals surface area contributed by atoms with Crippen LogP contribution in [-0.2, 0) is 16.6 Å². The van der Waals surface area contributed by atoms with Gasteiger partial charge in [0.05, 0.1) is 28.8 Å². The van der Waals surface area contributed by atoms with E-state index in [9.17, 15) is 4.79 Å². The molecule has 30 heavy (non-hydrogen) atoms. The van der Waals surface area contributed by atoms with Gasteiger partial charge in [-0.3, -0.25) is 9.69 Å². The van der Waals surface area contributed by atoms with Crippen LogP contribution in [0, 0.1) is 13.8 Å². The van der Waals surface area contributed by atoms with Crippen molar-refractivity contribution in [3.05, 3.63) is 41.6 Å². The maximum Gasteiger partial charge on any atom is 0.266 e. The van der Waals surface area contributed by atoms with Crippen LogP contribution in [0.4, 0.5) is 5.13 Å². The van der Waals surface area contributed by atoms with E-state index in [2.05, 4.69) is 15.1 Å². The van der Waals surface area contributed by atoms with Gasteiger partial charge in [0.1, 0.15) is 0 Å². The van der Waals surface area contributed by atoms with E-state index < -0.39 is 0 Å². The quantitative estimate of drug-likeness (QED) is 0.452. The molecule has 0 saturated carbocycles. The minimum Gasteiger partial charge on any atom is -0.466 e. The first-order chi connectivity index (χ1) is 14.5. The predicted molar refractivity (Wildman–Crippen MR) is 117 cm³/mol. The Morgan fingerprint density at radius 3 is 2.80 bits per heavy atom. The van der Waals surface area contributed by atoms with Gasteiger partial charge in [-0.1, -0.05) is 23.5 Å². The molecule has 0 aliphatic rings. The standard InChI is InChI=1S/C21H23N5O3S/c1-13-11-14(2)22-19-18(13)20(24-25(19)3)29-12-17(27)26(9-10-28-4)21-23-15-7-5-6-8-16(15)30-21/h5-8,11H,9-10,12H2,1-4H3. The number of anilines is 1. The Bertz CT molecular complexity index is 1180. The molecule has 0 unspecified atom stereocenters. The number of hydrogen-bond donors (Lipinski definition) is 0. The summed E-state index contributed by atoms with van der Waals surface area (Å²) in [4.78, 5) is 23.8. The van der Waals surface area contributed by atoms with Crippen molar-refractivity contribution in [3.63, 3.8) is 0 Å². The molecule has 4 rings (SSSR count). The third-order valence-electron chi connectivity index (χ3n) is 4.75. The fraction of sp³-hybridized carbons (Fsp3) is 0.333. The average molecular weight is 426 g/mol. The Kier molecular flexibility index (Phi) is 5.65. The van der Waals surface area contributed by atoms with Crippen LogP contribution in [0.2, 0.25) is 0 Å². The van der Waals surface area contributed by atoms with Gasteiger partial charge in [-0.2, -0.15) is 0 Å². The lowest BCUT2D eigenvalue weighted by molar-refractivity contribution is -0.120. The van der Waals surface area contributed by atoms with E-state index in [1.54, 1.807) is 16.7 Å². The summed E-state index contributed by atoms with van der Waals surface area (Å²) in [5.41, 5.74) is 3.52. The molecule has 0 aliphatic carbocycles. The highest BCUT2D eigenvalue weighted by atomic mass is 32.1. The number of ether oxygens (including phenoxy) is 2. The molecule has 4 aromatic rings. The smallest absolute Gasteiger partial charge is 0.266 e. The number of nitrogens with zero attached hydrogens (tertiary/aromatic N) is 5. The largest absolute Gasteiger partial charge is 0.466 e. The van der Waals surface area contributed by atoms with E-state index in [-0.39, 0.29) is 12.5 Å². The highest BCUT2D eigenvalue weighted by Gasteiger charge is 2.22. The van der Waals surface area contributed by atoms with Gasteiger partial charge in [-0.05, 0) is 37.6 Å². The number of hydrogen-bond acceptors (Lipinski definition) is 7. The number of aromatic nitrogens is 4. The van der Waals surface area contributed by atoms with Crippen LogP contribution in [-0.4, -0.2) is 52.5 Å². The summed E-state index contributed by atoms with van der Waals surface area (Å²) >= 11 is 1.47. The molecule has 0 radical (unpaired) electrons. The van der Waals surface area contributed by atoms with Gasteiger partial charge < -0.3 is 9.47 Å². The number of methoxy groups -OCH3 is 1. The second-order valence-corrected chi connectivity index (χ2v) is 8.01. The molecule has 0 spiro atoms. The molecule has 0 N–H and O–H groups in total. The van der Waals surface area contributed by atoms with Crippen LogP contribution in [0.25, 0.3) is 21.3 Å². The zero-order chi connectivity index (χ0) is 21.3. The third-order valence-corrected chi connectivity index (χ3v) is 5.81. The Morgan fingerprint density at radius 2 is 2.03 bits per heavy atom. The van der Waals surface area contributed by atoms with Gasteiger partial charge in [-0.25, -0.2) is 14.6 Å². The number of carbonyl (C=O) groups is 1.